The molecule has 2 heterocycles. The third kappa shape index (κ3) is 2.93. The molecule has 0 N–H and O–H groups in total. The van der Waals surface area contributed by atoms with Crippen LogP contribution in [0.25, 0.3) is 11.0 Å². The summed E-state index contributed by atoms with van der Waals surface area (Å²) in [4.78, 5) is 14.2. The average molecular weight is 271 g/mol. The molecule has 0 saturated carbocycles. The van der Waals surface area contributed by atoms with Gasteiger partial charge in [-0.25, -0.2) is 4.79 Å². The molecule has 3 rings (SSSR count). The van der Waals surface area contributed by atoms with Gasteiger partial charge in [-0.1, -0.05) is 25.0 Å². The Labute approximate surface area is 119 Å². The summed E-state index contributed by atoms with van der Waals surface area (Å²) in [6.07, 6.45) is 5.18. The molecule has 1 fully saturated rings. The molecule has 0 aliphatic carbocycles. The van der Waals surface area contributed by atoms with E-state index in [4.69, 9.17) is 4.42 Å². The lowest BCUT2D eigenvalue weighted by molar-refractivity contribution is 0.277. The molecule has 3 heteroatoms. The molecule has 106 valence electrons. The monoisotopic (exact) mass is 271 g/mol. The lowest BCUT2D eigenvalue weighted by atomic mass is 10.1. The molecule has 0 atom stereocenters. The van der Waals surface area contributed by atoms with Gasteiger partial charge in [0.05, 0.1) is 0 Å². The van der Waals surface area contributed by atoms with E-state index in [0.29, 0.717) is 5.58 Å². The highest BCUT2D eigenvalue weighted by Gasteiger charge is 2.12. The number of hydrogen-bond acceptors (Lipinski definition) is 3. The van der Waals surface area contributed by atoms with Crippen molar-refractivity contribution in [2.75, 3.05) is 13.1 Å². The van der Waals surface area contributed by atoms with Gasteiger partial charge in [-0.05, 0) is 50.0 Å². The smallest absolute Gasteiger partial charge is 0.336 e. The third-order valence-corrected chi connectivity index (χ3v) is 4.08. The molecule has 1 aliphatic rings. The van der Waals surface area contributed by atoms with E-state index in [0.717, 1.165) is 36.1 Å². The maximum Gasteiger partial charge on any atom is 0.336 e. The highest BCUT2D eigenvalue weighted by molar-refractivity contribution is 5.80. The third-order valence-electron chi connectivity index (χ3n) is 4.08. The summed E-state index contributed by atoms with van der Waals surface area (Å²) >= 11 is 0. The van der Waals surface area contributed by atoms with Gasteiger partial charge in [0, 0.05) is 18.0 Å². The van der Waals surface area contributed by atoms with E-state index in [9.17, 15) is 4.79 Å². The van der Waals surface area contributed by atoms with Crippen molar-refractivity contribution in [2.24, 2.45) is 0 Å². The Bertz CT molecular complexity index is 652. The fraction of sp³-hybridized carbons (Fsp3) is 0.471. The molecule has 0 amide bonds. The first-order valence-corrected chi connectivity index (χ1v) is 7.48. The maximum absolute atomic E-state index is 11.7. The van der Waals surface area contributed by atoms with Crippen LogP contribution in [-0.2, 0) is 6.54 Å². The second kappa shape index (κ2) is 5.80. The summed E-state index contributed by atoms with van der Waals surface area (Å²) < 4.78 is 5.32. The molecule has 1 aromatic carbocycles. The van der Waals surface area contributed by atoms with Crippen LogP contribution in [0.1, 0.15) is 36.8 Å². The zero-order valence-corrected chi connectivity index (χ0v) is 12.0. The molecule has 0 radical (unpaired) electrons. The summed E-state index contributed by atoms with van der Waals surface area (Å²) in [6, 6.07) is 7.75. The molecule has 1 aromatic heterocycles. The summed E-state index contributed by atoms with van der Waals surface area (Å²) in [6.45, 7) is 5.13. The zero-order chi connectivity index (χ0) is 13.9. The Morgan fingerprint density at radius 1 is 1.10 bits per heavy atom. The van der Waals surface area contributed by atoms with E-state index >= 15 is 0 Å². The molecule has 20 heavy (non-hydrogen) atoms. The van der Waals surface area contributed by atoms with Crippen LogP contribution in [0.3, 0.4) is 0 Å². The van der Waals surface area contributed by atoms with Gasteiger partial charge in [-0.2, -0.15) is 0 Å². The number of fused-ring (bicyclic) bond motifs is 1. The number of aryl methyl sites for hydroxylation is 1. The van der Waals surface area contributed by atoms with Gasteiger partial charge < -0.3 is 4.42 Å². The second-order valence-corrected chi connectivity index (χ2v) is 5.78. The number of benzene rings is 1. The van der Waals surface area contributed by atoms with Crippen molar-refractivity contribution >= 4 is 11.0 Å². The molecule has 1 saturated heterocycles. The number of likely N-dealkylation sites (tertiary alicyclic amines) is 1. The van der Waals surface area contributed by atoms with Crippen LogP contribution in [0.2, 0.25) is 0 Å². The minimum atomic E-state index is -0.243. The number of rotatable bonds is 2. The van der Waals surface area contributed by atoms with Crippen molar-refractivity contribution in [2.45, 2.75) is 39.2 Å². The van der Waals surface area contributed by atoms with E-state index in [2.05, 4.69) is 17.0 Å². The molecule has 1 aliphatic heterocycles. The Morgan fingerprint density at radius 3 is 2.60 bits per heavy atom. The van der Waals surface area contributed by atoms with Crippen molar-refractivity contribution in [3.05, 3.63) is 45.8 Å². The van der Waals surface area contributed by atoms with Crippen molar-refractivity contribution in [1.29, 1.82) is 0 Å². The lowest BCUT2D eigenvalue weighted by Crippen LogP contribution is -2.24. The minimum absolute atomic E-state index is 0.243. The van der Waals surface area contributed by atoms with Gasteiger partial charge in [0.1, 0.15) is 5.58 Å². The quantitative estimate of drug-likeness (QED) is 0.784. The summed E-state index contributed by atoms with van der Waals surface area (Å²) in [5.74, 6) is 0. The van der Waals surface area contributed by atoms with E-state index in [1.54, 1.807) is 6.07 Å². The predicted octanol–water partition coefficient (Wildman–Crippen LogP) is 3.48. The van der Waals surface area contributed by atoms with Crippen LogP contribution in [0.15, 0.2) is 33.5 Å². The largest absolute Gasteiger partial charge is 0.423 e. The Kier molecular flexibility index (Phi) is 3.88. The summed E-state index contributed by atoms with van der Waals surface area (Å²) in [7, 11) is 0. The van der Waals surface area contributed by atoms with Gasteiger partial charge in [0.25, 0.3) is 0 Å². The molecular formula is C17H21NO2. The molecule has 0 bridgehead atoms. The number of nitrogens with zero attached hydrogens (tertiary/aromatic N) is 1. The number of hydrogen-bond donors (Lipinski definition) is 0. The molecule has 3 nitrogen and oxygen atoms in total. The van der Waals surface area contributed by atoms with Gasteiger partial charge in [0.2, 0.25) is 0 Å². The van der Waals surface area contributed by atoms with Crippen molar-refractivity contribution in [3.8, 4) is 0 Å². The van der Waals surface area contributed by atoms with Gasteiger partial charge in [-0.15, -0.1) is 0 Å². The first-order chi connectivity index (χ1) is 9.72. The van der Waals surface area contributed by atoms with Crippen LogP contribution < -0.4 is 5.63 Å². The predicted molar refractivity (Wildman–Crippen MR) is 81.0 cm³/mol. The van der Waals surface area contributed by atoms with Crippen molar-refractivity contribution in [3.63, 3.8) is 0 Å². The first kappa shape index (κ1) is 13.4. The molecule has 0 spiro atoms. The lowest BCUT2D eigenvalue weighted by Gasteiger charge is -2.20. The summed E-state index contributed by atoms with van der Waals surface area (Å²) in [5, 5.41) is 1.07. The molecule has 2 aromatic rings. The van der Waals surface area contributed by atoms with Gasteiger partial charge >= 0.3 is 5.63 Å². The Morgan fingerprint density at radius 2 is 1.85 bits per heavy atom. The highest BCUT2D eigenvalue weighted by Crippen LogP contribution is 2.21. The zero-order valence-electron chi connectivity index (χ0n) is 12.0. The van der Waals surface area contributed by atoms with Crippen LogP contribution in [0.5, 0.6) is 0 Å². The normalized spacial score (nSPS) is 17.2. The van der Waals surface area contributed by atoms with Crippen LogP contribution in [0, 0.1) is 6.92 Å². The van der Waals surface area contributed by atoms with E-state index in [1.165, 1.54) is 25.7 Å². The molecule has 0 unspecified atom stereocenters. The van der Waals surface area contributed by atoms with E-state index in [1.807, 2.05) is 13.0 Å². The topological polar surface area (TPSA) is 33.5 Å². The first-order valence-electron chi connectivity index (χ1n) is 7.48. The van der Waals surface area contributed by atoms with Crippen molar-refractivity contribution in [1.82, 2.24) is 4.90 Å². The van der Waals surface area contributed by atoms with Gasteiger partial charge in [-0.3, -0.25) is 4.90 Å². The fourth-order valence-electron chi connectivity index (χ4n) is 3.00. The van der Waals surface area contributed by atoms with Crippen LogP contribution in [0.4, 0.5) is 0 Å². The second-order valence-electron chi connectivity index (χ2n) is 5.78. The van der Waals surface area contributed by atoms with Crippen molar-refractivity contribution < 1.29 is 4.42 Å². The summed E-state index contributed by atoms with van der Waals surface area (Å²) in [5.41, 5.74) is 2.68. The SMILES string of the molecule is Cc1ccc2c(CN3CCCCCC3)cc(=O)oc2c1. The Balaban J connectivity index is 1.95. The van der Waals surface area contributed by atoms with E-state index < -0.39 is 0 Å². The van der Waals surface area contributed by atoms with E-state index in [-0.39, 0.29) is 5.63 Å². The Hall–Kier alpha value is -1.61. The van der Waals surface area contributed by atoms with Crippen LogP contribution in [-0.4, -0.2) is 18.0 Å². The maximum atomic E-state index is 11.7. The van der Waals surface area contributed by atoms with Gasteiger partial charge in [0.15, 0.2) is 0 Å². The average Bonchev–Trinajstić information content (AvgIpc) is 2.66. The standard InChI is InChI=1S/C17H21NO2/c1-13-6-7-15-14(11-17(19)20-16(15)10-13)12-18-8-4-2-3-5-9-18/h6-7,10-11H,2-5,8-9,12H2,1H3. The minimum Gasteiger partial charge on any atom is -0.423 e. The molecular weight excluding hydrogens is 250 g/mol. The van der Waals surface area contributed by atoms with Crippen LogP contribution >= 0.6 is 0 Å². The highest BCUT2D eigenvalue weighted by atomic mass is 16.4. The fourth-order valence-corrected chi connectivity index (χ4v) is 3.00.